The van der Waals surface area contributed by atoms with Crippen LogP contribution in [0.2, 0.25) is 0 Å². The number of hydrogen-bond acceptors (Lipinski definition) is 3. The minimum Gasteiger partial charge on any atom is -0.398 e. The van der Waals surface area contributed by atoms with E-state index in [0.717, 1.165) is 17.3 Å². The van der Waals surface area contributed by atoms with Crippen LogP contribution in [0.5, 0.6) is 0 Å². The Morgan fingerprint density at radius 1 is 1.33 bits per heavy atom. The van der Waals surface area contributed by atoms with Crippen LogP contribution in [-0.2, 0) is 0 Å². The summed E-state index contributed by atoms with van der Waals surface area (Å²) in [5, 5.41) is 3.19. The Kier molecular flexibility index (Phi) is 4.22. The fourth-order valence-electron chi connectivity index (χ4n) is 3.72. The van der Waals surface area contributed by atoms with Crippen LogP contribution in [0.25, 0.3) is 0 Å². The summed E-state index contributed by atoms with van der Waals surface area (Å²) in [4.78, 5) is 15.0. The minimum atomic E-state index is -0.0542. The summed E-state index contributed by atoms with van der Waals surface area (Å²) in [5.41, 5.74) is 7.01. The van der Waals surface area contributed by atoms with Crippen LogP contribution in [0.4, 0.5) is 5.69 Å². The van der Waals surface area contributed by atoms with Crippen LogP contribution < -0.4 is 11.1 Å². The van der Waals surface area contributed by atoms with Gasteiger partial charge in [-0.1, -0.05) is 22.4 Å². The Morgan fingerprint density at radius 2 is 2.00 bits per heavy atom. The quantitative estimate of drug-likeness (QED) is 0.805. The Bertz CT molecular complexity index is 534. The van der Waals surface area contributed by atoms with Gasteiger partial charge in [-0.15, -0.1) is 0 Å². The maximum Gasteiger partial charge on any atom is 0.253 e. The average molecular weight is 352 g/mol. The van der Waals surface area contributed by atoms with Crippen LogP contribution in [-0.4, -0.2) is 36.0 Å². The van der Waals surface area contributed by atoms with E-state index < -0.39 is 0 Å². The Morgan fingerprint density at radius 3 is 2.67 bits per heavy atom. The molecule has 2 saturated heterocycles. The summed E-state index contributed by atoms with van der Waals surface area (Å²) >= 11 is 3.39. The number of carbonyl (C=O) groups excluding carboxylic acids is 1. The lowest BCUT2D eigenvalue weighted by atomic mass is 9.82. The van der Waals surface area contributed by atoms with Gasteiger partial charge in [0.15, 0.2) is 0 Å². The van der Waals surface area contributed by atoms with E-state index in [9.17, 15) is 4.79 Å². The number of carbonyl (C=O) groups is 1. The number of nitrogens with two attached hydrogens (primary N) is 1. The molecular formula is C16H22BrN3O. The third-order valence-electron chi connectivity index (χ3n) is 4.94. The highest BCUT2D eigenvalue weighted by Crippen LogP contribution is 2.32. The van der Waals surface area contributed by atoms with Crippen molar-refractivity contribution in [2.24, 2.45) is 0 Å². The number of piperidine rings is 2. The zero-order chi connectivity index (χ0) is 15.0. The number of anilines is 1. The van der Waals surface area contributed by atoms with E-state index in [1.807, 2.05) is 6.07 Å². The molecule has 114 valence electrons. The third kappa shape index (κ3) is 3.09. The second-order valence-electron chi connectivity index (χ2n) is 6.28. The highest BCUT2D eigenvalue weighted by molar-refractivity contribution is 9.10. The smallest absolute Gasteiger partial charge is 0.253 e. The second kappa shape index (κ2) is 5.97. The van der Waals surface area contributed by atoms with E-state index in [-0.39, 0.29) is 11.9 Å². The lowest BCUT2D eigenvalue weighted by molar-refractivity contribution is 0.0463. The number of amides is 1. The van der Waals surface area contributed by atoms with Crippen LogP contribution in [0.3, 0.4) is 0 Å². The van der Waals surface area contributed by atoms with Crippen molar-refractivity contribution in [1.82, 2.24) is 10.2 Å². The molecule has 2 aliphatic heterocycles. The average Bonchev–Trinajstić information content (AvgIpc) is 2.42. The summed E-state index contributed by atoms with van der Waals surface area (Å²) in [6, 6.07) is 6.90. The van der Waals surface area contributed by atoms with Crippen molar-refractivity contribution >= 4 is 27.5 Å². The van der Waals surface area contributed by atoms with Gasteiger partial charge in [0.05, 0.1) is 5.56 Å². The normalized spacial score (nSPS) is 29.1. The van der Waals surface area contributed by atoms with Gasteiger partial charge in [-0.25, -0.2) is 0 Å². The molecule has 1 aromatic carbocycles. The lowest BCUT2D eigenvalue weighted by Gasteiger charge is -2.47. The molecular weight excluding hydrogens is 330 g/mol. The standard InChI is InChI=1S/C16H22BrN3O/c1-20-12-3-2-4-13(20)9-11(8-12)19-16(21)14-7-10(17)5-6-15(14)18/h5-7,11-13H,2-4,8-9,18H2,1H3,(H,19,21). The van der Waals surface area contributed by atoms with Gasteiger partial charge in [-0.3, -0.25) is 4.79 Å². The van der Waals surface area contributed by atoms with Crippen molar-refractivity contribution in [3.63, 3.8) is 0 Å². The molecule has 0 saturated carbocycles. The molecule has 2 aliphatic rings. The number of nitrogens with zero attached hydrogens (tertiary/aromatic N) is 1. The summed E-state index contributed by atoms with van der Waals surface area (Å²) in [6.45, 7) is 0. The summed E-state index contributed by atoms with van der Waals surface area (Å²) < 4.78 is 0.877. The first-order valence-corrected chi connectivity index (χ1v) is 8.41. The van der Waals surface area contributed by atoms with Crippen molar-refractivity contribution in [1.29, 1.82) is 0 Å². The predicted octanol–water partition coefficient (Wildman–Crippen LogP) is 2.78. The van der Waals surface area contributed by atoms with Gasteiger partial charge in [-0.05, 0) is 50.9 Å². The van der Waals surface area contributed by atoms with Crippen molar-refractivity contribution < 1.29 is 4.79 Å². The van der Waals surface area contributed by atoms with Crippen molar-refractivity contribution in [2.45, 2.75) is 50.2 Å². The lowest BCUT2D eigenvalue weighted by Crippen LogP contribution is -2.55. The molecule has 3 N–H and O–H groups in total. The molecule has 3 rings (SSSR count). The van der Waals surface area contributed by atoms with Gasteiger partial charge in [0, 0.05) is 28.3 Å². The maximum atomic E-state index is 12.5. The number of fused-ring (bicyclic) bond motifs is 2. The number of nitrogen functional groups attached to an aromatic ring is 1. The zero-order valence-corrected chi connectivity index (χ0v) is 13.9. The molecule has 2 atom stereocenters. The molecule has 1 amide bonds. The molecule has 4 nitrogen and oxygen atoms in total. The Hall–Kier alpha value is -1.07. The molecule has 0 radical (unpaired) electrons. The van der Waals surface area contributed by atoms with Gasteiger partial charge >= 0.3 is 0 Å². The van der Waals surface area contributed by atoms with Gasteiger partial charge in [0.2, 0.25) is 0 Å². The largest absolute Gasteiger partial charge is 0.398 e. The fraction of sp³-hybridized carbons (Fsp3) is 0.562. The zero-order valence-electron chi connectivity index (χ0n) is 12.3. The first kappa shape index (κ1) is 14.9. The minimum absolute atomic E-state index is 0.0542. The van der Waals surface area contributed by atoms with Crippen LogP contribution in [0.1, 0.15) is 42.5 Å². The van der Waals surface area contributed by atoms with E-state index in [1.165, 1.54) is 19.3 Å². The van der Waals surface area contributed by atoms with Crippen LogP contribution in [0, 0.1) is 0 Å². The monoisotopic (exact) mass is 351 g/mol. The number of rotatable bonds is 2. The summed E-state index contributed by atoms with van der Waals surface area (Å²) in [6.07, 6.45) is 5.91. The van der Waals surface area contributed by atoms with Gasteiger partial charge in [-0.2, -0.15) is 0 Å². The Balaban J connectivity index is 1.69. The highest BCUT2D eigenvalue weighted by Gasteiger charge is 2.36. The van der Waals surface area contributed by atoms with E-state index in [2.05, 4.69) is 33.2 Å². The topological polar surface area (TPSA) is 58.4 Å². The van der Waals surface area contributed by atoms with Crippen LogP contribution >= 0.6 is 15.9 Å². The number of hydrogen-bond donors (Lipinski definition) is 2. The predicted molar refractivity (Wildman–Crippen MR) is 88.2 cm³/mol. The number of nitrogens with one attached hydrogen (secondary N) is 1. The summed E-state index contributed by atoms with van der Waals surface area (Å²) in [5.74, 6) is -0.0542. The molecule has 5 heteroatoms. The highest BCUT2D eigenvalue weighted by atomic mass is 79.9. The first-order chi connectivity index (χ1) is 10.0. The number of halogens is 1. The first-order valence-electron chi connectivity index (χ1n) is 7.62. The van der Waals surface area contributed by atoms with Crippen molar-refractivity contribution in [2.75, 3.05) is 12.8 Å². The van der Waals surface area contributed by atoms with Crippen molar-refractivity contribution in [3.05, 3.63) is 28.2 Å². The molecule has 0 aromatic heterocycles. The van der Waals surface area contributed by atoms with E-state index >= 15 is 0 Å². The fourth-order valence-corrected chi connectivity index (χ4v) is 4.08. The molecule has 2 fully saturated rings. The molecule has 0 aliphatic carbocycles. The van der Waals surface area contributed by atoms with Gasteiger partial charge in [0.1, 0.15) is 0 Å². The van der Waals surface area contributed by atoms with E-state index in [4.69, 9.17) is 5.73 Å². The Labute approximate surface area is 134 Å². The van der Waals surface area contributed by atoms with Crippen LogP contribution in [0.15, 0.2) is 22.7 Å². The third-order valence-corrected chi connectivity index (χ3v) is 5.43. The maximum absolute atomic E-state index is 12.5. The molecule has 2 bridgehead atoms. The van der Waals surface area contributed by atoms with E-state index in [0.29, 0.717) is 23.3 Å². The van der Waals surface area contributed by atoms with Gasteiger partial charge < -0.3 is 16.0 Å². The second-order valence-corrected chi connectivity index (χ2v) is 7.19. The molecule has 2 heterocycles. The number of benzene rings is 1. The van der Waals surface area contributed by atoms with E-state index in [1.54, 1.807) is 12.1 Å². The van der Waals surface area contributed by atoms with Crippen molar-refractivity contribution in [3.8, 4) is 0 Å². The SMILES string of the molecule is CN1C2CCCC1CC(NC(=O)c1cc(Br)ccc1N)C2. The summed E-state index contributed by atoms with van der Waals surface area (Å²) in [7, 11) is 2.22. The molecule has 2 unspecified atom stereocenters. The van der Waals surface area contributed by atoms with Gasteiger partial charge in [0.25, 0.3) is 5.91 Å². The molecule has 21 heavy (non-hydrogen) atoms. The molecule has 1 aromatic rings. The molecule has 0 spiro atoms.